The first kappa shape index (κ1) is 15.6. The highest BCUT2D eigenvalue weighted by molar-refractivity contribution is 6.20. The van der Waals surface area contributed by atoms with Gasteiger partial charge in [-0.2, -0.15) is 0 Å². The van der Waals surface area contributed by atoms with Crippen molar-refractivity contribution in [3.63, 3.8) is 0 Å². The molecule has 2 aromatic rings. The van der Waals surface area contributed by atoms with Crippen molar-refractivity contribution in [2.45, 2.75) is 13.3 Å². The molecule has 2 aromatic carbocycles. The first-order valence-corrected chi connectivity index (χ1v) is 6.96. The molecule has 0 bridgehead atoms. The van der Waals surface area contributed by atoms with E-state index in [2.05, 4.69) is 0 Å². The van der Waals surface area contributed by atoms with Gasteiger partial charge >= 0.3 is 5.97 Å². The molecule has 0 unspecified atom stereocenters. The van der Waals surface area contributed by atoms with Crippen molar-refractivity contribution in [3.8, 4) is 11.5 Å². The van der Waals surface area contributed by atoms with Crippen molar-refractivity contribution in [1.82, 2.24) is 0 Å². The third kappa shape index (κ3) is 3.47. The van der Waals surface area contributed by atoms with Crippen LogP contribution >= 0.6 is 0 Å². The summed E-state index contributed by atoms with van der Waals surface area (Å²) >= 11 is 0. The summed E-state index contributed by atoms with van der Waals surface area (Å²) in [6.45, 7) is 2.05. The predicted molar refractivity (Wildman–Crippen MR) is 86.0 cm³/mol. The lowest BCUT2D eigenvalue weighted by molar-refractivity contribution is -0.130. The van der Waals surface area contributed by atoms with Crippen LogP contribution in [0.4, 0.5) is 0 Å². The fraction of sp³-hybridized carbons (Fsp3) is 0.167. The Kier molecular flexibility index (Phi) is 4.84. The van der Waals surface area contributed by atoms with Crippen LogP contribution in [0, 0.1) is 0 Å². The number of aryl methyl sites for hydroxylation is 1. The number of carboxylic acid groups (broad SMARTS) is 1. The second-order valence-electron chi connectivity index (χ2n) is 4.84. The third-order valence-electron chi connectivity index (χ3n) is 3.42. The molecule has 22 heavy (non-hydrogen) atoms. The largest absolute Gasteiger partial charge is 0.504 e. The summed E-state index contributed by atoms with van der Waals surface area (Å²) in [5.74, 6) is -0.681. The van der Waals surface area contributed by atoms with Crippen LogP contribution in [0.2, 0.25) is 0 Å². The van der Waals surface area contributed by atoms with E-state index in [9.17, 15) is 15.0 Å². The van der Waals surface area contributed by atoms with E-state index in [0.29, 0.717) is 16.9 Å². The first-order chi connectivity index (χ1) is 10.5. The Morgan fingerprint density at radius 3 is 2.41 bits per heavy atom. The molecule has 0 heterocycles. The maximum atomic E-state index is 11.5. The van der Waals surface area contributed by atoms with Crippen LogP contribution in [0.25, 0.3) is 11.6 Å². The van der Waals surface area contributed by atoms with Gasteiger partial charge in [0.05, 0.1) is 12.7 Å². The van der Waals surface area contributed by atoms with Crippen LogP contribution in [0.5, 0.6) is 11.5 Å². The molecule has 2 N–H and O–H groups in total. The van der Waals surface area contributed by atoms with Gasteiger partial charge in [0.1, 0.15) is 0 Å². The molecule has 0 fully saturated rings. The first-order valence-electron chi connectivity index (χ1n) is 6.96. The number of ether oxygens (including phenoxy) is 1. The van der Waals surface area contributed by atoms with Crippen molar-refractivity contribution in [2.24, 2.45) is 0 Å². The van der Waals surface area contributed by atoms with Crippen LogP contribution < -0.4 is 4.74 Å². The van der Waals surface area contributed by atoms with E-state index in [1.165, 1.54) is 13.2 Å². The molecular weight excluding hydrogens is 280 g/mol. The average molecular weight is 298 g/mol. The molecule has 0 aromatic heterocycles. The summed E-state index contributed by atoms with van der Waals surface area (Å²) < 4.78 is 5.04. The van der Waals surface area contributed by atoms with E-state index in [4.69, 9.17) is 4.74 Å². The van der Waals surface area contributed by atoms with Gasteiger partial charge in [-0.05, 0) is 41.3 Å². The van der Waals surface area contributed by atoms with Gasteiger partial charge in [0, 0.05) is 0 Å². The Morgan fingerprint density at radius 1 is 1.18 bits per heavy atom. The zero-order valence-electron chi connectivity index (χ0n) is 12.5. The normalized spacial score (nSPS) is 11.3. The Morgan fingerprint density at radius 2 is 1.86 bits per heavy atom. The summed E-state index contributed by atoms with van der Waals surface area (Å²) in [6, 6.07) is 12.2. The molecule has 0 saturated heterocycles. The molecular formula is C18H18O4. The Hall–Kier alpha value is -2.75. The minimum atomic E-state index is -1.00. The summed E-state index contributed by atoms with van der Waals surface area (Å²) in [7, 11) is 1.45. The monoisotopic (exact) mass is 298 g/mol. The molecule has 0 spiro atoms. The van der Waals surface area contributed by atoms with Gasteiger partial charge in [-0.15, -0.1) is 0 Å². The van der Waals surface area contributed by atoms with Gasteiger partial charge < -0.3 is 14.9 Å². The number of methoxy groups -OCH3 is 1. The Bertz CT molecular complexity index is 700. The van der Waals surface area contributed by atoms with Gasteiger partial charge in [-0.25, -0.2) is 4.79 Å². The quantitative estimate of drug-likeness (QED) is 0.654. The van der Waals surface area contributed by atoms with Crippen molar-refractivity contribution < 1.29 is 19.7 Å². The topological polar surface area (TPSA) is 66.8 Å². The second-order valence-corrected chi connectivity index (χ2v) is 4.84. The third-order valence-corrected chi connectivity index (χ3v) is 3.42. The lowest BCUT2D eigenvalue weighted by atomic mass is 10.0. The fourth-order valence-corrected chi connectivity index (χ4v) is 2.14. The van der Waals surface area contributed by atoms with Gasteiger partial charge in [0.15, 0.2) is 11.5 Å². The summed E-state index contributed by atoms with van der Waals surface area (Å²) in [5, 5.41) is 19.0. The van der Waals surface area contributed by atoms with Gasteiger partial charge in [0.25, 0.3) is 0 Å². The molecule has 0 aliphatic carbocycles. The number of carbonyl (C=O) groups is 1. The van der Waals surface area contributed by atoms with E-state index < -0.39 is 5.97 Å². The van der Waals surface area contributed by atoms with Crippen LogP contribution in [-0.4, -0.2) is 23.3 Å². The highest BCUT2D eigenvalue weighted by Gasteiger charge is 2.11. The minimum Gasteiger partial charge on any atom is -0.504 e. The molecule has 0 atom stereocenters. The van der Waals surface area contributed by atoms with Crippen molar-refractivity contribution >= 4 is 17.6 Å². The number of rotatable bonds is 5. The van der Waals surface area contributed by atoms with Gasteiger partial charge in [-0.3, -0.25) is 0 Å². The number of phenolic OH excluding ortho intramolecular Hbond substituents is 1. The fourth-order valence-electron chi connectivity index (χ4n) is 2.14. The van der Waals surface area contributed by atoms with Gasteiger partial charge in [-0.1, -0.05) is 37.3 Å². The molecule has 4 heteroatoms. The molecule has 114 valence electrons. The number of phenols is 1. The van der Waals surface area contributed by atoms with E-state index in [1.807, 2.05) is 19.1 Å². The Balaban J connectivity index is 2.44. The maximum Gasteiger partial charge on any atom is 0.336 e. The molecule has 2 rings (SSSR count). The van der Waals surface area contributed by atoms with E-state index in [-0.39, 0.29) is 11.3 Å². The number of hydrogen-bond acceptors (Lipinski definition) is 3. The zero-order chi connectivity index (χ0) is 16.1. The summed E-state index contributed by atoms with van der Waals surface area (Å²) in [4.78, 5) is 11.5. The lowest BCUT2D eigenvalue weighted by Crippen LogP contribution is -2.00. The van der Waals surface area contributed by atoms with Crippen LogP contribution in [0.3, 0.4) is 0 Å². The molecule has 0 aliphatic heterocycles. The molecule has 0 aliphatic rings. The smallest absolute Gasteiger partial charge is 0.336 e. The van der Waals surface area contributed by atoms with E-state index in [0.717, 1.165) is 12.0 Å². The average Bonchev–Trinajstić information content (AvgIpc) is 2.54. The summed E-state index contributed by atoms with van der Waals surface area (Å²) in [6.07, 6.45) is 2.47. The molecule has 0 radical (unpaired) electrons. The maximum absolute atomic E-state index is 11.5. The van der Waals surface area contributed by atoms with Crippen molar-refractivity contribution in [1.29, 1.82) is 0 Å². The predicted octanol–water partition coefficient (Wildman–Crippen LogP) is 3.59. The van der Waals surface area contributed by atoms with Crippen molar-refractivity contribution in [2.75, 3.05) is 7.11 Å². The number of carboxylic acids is 1. The molecule has 0 saturated carbocycles. The highest BCUT2D eigenvalue weighted by Crippen LogP contribution is 2.28. The number of hydrogen-bond donors (Lipinski definition) is 2. The van der Waals surface area contributed by atoms with Crippen molar-refractivity contribution in [3.05, 3.63) is 59.2 Å². The Labute approximate surface area is 129 Å². The SMILES string of the molecule is CCc1ccc(/C(=C/c2ccc(O)c(OC)c2)C(=O)O)cc1. The van der Waals surface area contributed by atoms with Crippen LogP contribution in [0.1, 0.15) is 23.6 Å². The summed E-state index contributed by atoms with van der Waals surface area (Å²) in [5.41, 5.74) is 2.62. The lowest BCUT2D eigenvalue weighted by Gasteiger charge is -2.07. The highest BCUT2D eigenvalue weighted by atomic mass is 16.5. The molecule has 4 nitrogen and oxygen atoms in total. The number of aromatic hydroxyl groups is 1. The second kappa shape index (κ2) is 6.80. The standard InChI is InChI=1S/C18H18O4/c1-3-12-4-7-14(8-5-12)15(18(20)21)10-13-6-9-16(19)17(11-13)22-2/h4-11,19H,3H2,1-2H3,(H,20,21)/b15-10-. The van der Waals surface area contributed by atoms with E-state index in [1.54, 1.807) is 30.3 Å². The minimum absolute atomic E-state index is 0.0174. The number of aliphatic carboxylic acids is 1. The van der Waals surface area contributed by atoms with Crippen LogP contribution in [-0.2, 0) is 11.2 Å². The zero-order valence-corrected chi connectivity index (χ0v) is 12.5. The van der Waals surface area contributed by atoms with E-state index >= 15 is 0 Å². The molecule has 0 amide bonds. The van der Waals surface area contributed by atoms with Crippen LogP contribution in [0.15, 0.2) is 42.5 Å². The number of benzene rings is 2. The van der Waals surface area contributed by atoms with Gasteiger partial charge in [0.2, 0.25) is 0 Å².